The highest BCUT2D eigenvalue weighted by molar-refractivity contribution is 7.17. The van der Waals surface area contributed by atoms with Crippen molar-refractivity contribution in [3.63, 3.8) is 0 Å². The van der Waals surface area contributed by atoms with E-state index >= 15 is 0 Å². The number of piperidine rings is 1. The maximum absolute atomic E-state index is 13.8. The van der Waals surface area contributed by atoms with Crippen LogP contribution < -0.4 is 0 Å². The minimum absolute atomic E-state index is 0.118. The molecule has 0 spiro atoms. The molecule has 1 atom stereocenters. The molecule has 0 amide bonds. The predicted octanol–water partition coefficient (Wildman–Crippen LogP) is 3.77. The number of thiazole rings is 1. The monoisotopic (exact) mass is 360 g/mol. The lowest BCUT2D eigenvalue weighted by Gasteiger charge is -2.34. The van der Waals surface area contributed by atoms with Gasteiger partial charge in [-0.1, -0.05) is 36.8 Å². The predicted molar refractivity (Wildman–Crippen MR) is 95.6 cm³/mol. The summed E-state index contributed by atoms with van der Waals surface area (Å²) in [6, 6.07) is 6.49. The summed E-state index contributed by atoms with van der Waals surface area (Å²) in [5.41, 5.74) is 0.859. The Morgan fingerprint density at radius 2 is 2.08 bits per heavy atom. The summed E-state index contributed by atoms with van der Waals surface area (Å²) in [7, 11) is 0. The number of likely N-dealkylation sites (tertiary alicyclic amines) is 1. The molecule has 0 radical (unpaired) electrons. The summed E-state index contributed by atoms with van der Waals surface area (Å²) in [6.45, 7) is 3.86. The fourth-order valence-corrected chi connectivity index (χ4v) is 4.64. The molecule has 1 aliphatic rings. The average molecular weight is 360 g/mol. The summed E-state index contributed by atoms with van der Waals surface area (Å²) in [5.74, 6) is 0.576. The number of rotatable bonds is 4. The zero-order valence-electron chi connectivity index (χ0n) is 14.2. The Bertz CT molecular complexity index is 884. The molecule has 2 aromatic heterocycles. The molecule has 1 saturated heterocycles. The molecule has 5 nitrogen and oxygen atoms in total. The Balaban J connectivity index is 1.82. The van der Waals surface area contributed by atoms with Crippen molar-refractivity contribution in [3.8, 4) is 5.88 Å². The summed E-state index contributed by atoms with van der Waals surface area (Å²) in [6.07, 6.45) is 4.18. The van der Waals surface area contributed by atoms with Gasteiger partial charge in [0.25, 0.3) is 0 Å². The van der Waals surface area contributed by atoms with Crippen molar-refractivity contribution < 1.29 is 9.50 Å². The second-order valence-corrected chi connectivity index (χ2v) is 7.43. The number of halogens is 1. The van der Waals surface area contributed by atoms with Gasteiger partial charge < -0.3 is 5.11 Å². The highest BCUT2D eigenvalue weighted by Gasteiger charge is 2.30. The molecule has 0 unspecified atom stereocenters. The van der Waals surface area contributed by atoms with E-state index in [1.165, 1.54) is 28.3 Å². The van der Waals surface area contributed by atoms with E-state index in [0.29, 0.717) is 10.8 Å². The van der Waals surface area contributed by atoms with Crippen LogP contribution in [0.15, 0.2) is 24.3 Å². The fourth-order valence-electron chi connectivity index (χ4n) is 3.50. The molecular weight excluding hydrogens is 339 g/mol. The van der Waals surface area contributed by atoms with Gasteiger partial charge in [0.05, 0.1) is 10.9 Å². The first-order valence-corrected chi connectivity index (χ1v) is 9.56. The second-order valence-electron chi connectivity index (χ2n) is 6.42. The Kier molecular flexibility index (Phi) is 4.43. The lowest BCUT2D eigenvalue weighted by atomic mass is 10.0. The number of hydrogen-bond acceptors (Lipinski definition) is 5. The van der Waals surface area contributed by atoms with Crippen molar-refractivity contribution in [1.82, 2.24) is 19.5 Å². The maximum atomic E-state index is 13.8. The third-order valence-corrected chi connectivity index (χ3v) is 5.80. The van der Waals surface area contributed by atoms with Gasteiger partial charge in [-0.05, 0) is 43.6 Å². The van der Waals surface area contributed by atoms with Crippen molar-refractivity contribution in [2.75, 3.05) is 13.1 Å². The first-order valence-electron chi connectivity index (χ1n) is 8.74. The molecule has 25 heavy (non-hydrogen) atoms. The Labute approximate surface area is 149 Å². The van der Waals surface area contributed by atoms with Gasteiger partial charge in [0.1, 0.15) is 5.82 Å². The van der Waals surface area contributed by atoms with E-state index < -0.39 is 0 Å². The van der Waals surface area contributed by atoms with Crippen LogP contribution in [0.4, 0.5) is 4.39 Å². The van der Waals surface area contributed by atoms with Gasteiger partial charge in [0, 0.05) is 6.42 Å². The second kappa shape index (κ2) is 6.72. The van der Waals surface area contributed by atoms with Crippen LogP contribution in [0.5, 0.6) is 5.88 Å². The lowest BCUT2D eigenvalue weighted by molar-refractivity contribution is 0.186. The molecule has 0 bridgehead atoms. The molecule has 1 aliphatic heterocycles. The minimum Gasteiger partial charge on any atom is -0.492 e. The van der Waals surface area contributed by atoms with Gasteiger partial charge in [-0.25, -0.2) is 9.37 Å². The van der Waals surface area contributed by atoms with E-state index in [1.54, 1.807) is 12.1 Å². The normalized spacial score (nSPS) is 17.2. The molecule has 1 N–H and O–H groups in total. The zero-order chi connectivity index (χ0) is 17.4. The first-order chi connectivity index (χ1) is 12.2. The molecule has 3 aromatic rings. The number of aryl methyl sites for hydroxylation is 1. The highest BCUT2D eigenvalue weighted by Crippen LogP contribution is 2.40. The van der Waals surface area contributed by atoms with Crippen LogP contribution >= 0.6 is 11.3 Å². The van der Waals surface area contributed by atoms with E-state index in [1.807, 2.05) is 13.0 Å². The molecule has 0 saturated carbocycles. The zero-order valence-corrected chi connectivity index (χ0v) is 15.0. The maximum Gasteiger partial charge on any atom is 0.230 e. The molecule has 0 aliphatic carbocycles. The van der Waals surface area contributed by atoms with Crippen LogP contribution in [0.3, 0.4) is 0 Å². The van der Waals surface area contributed by atoms with E-state index in [4.69, 9.17) is 0 Å². The van der Waals surface area contributed by atoms with Gasteiger partial charge in [-0.15, -0.1) is 5.10 Å². The third-order valence-electron chi connectivity index (χ3n) is 4.73. The van der Waals surface area contributed by atoms with Crippen LogP contribution in [-0.4, -0.2) is 37.7 Å². The van der Waals surface area contributed by atoms with Gasteiger partial charge in [-0.3, -0.25) is 4.90 Å². The summed E-state index contributed by atoms with van der Waals surface area (Å²) < 4.78 is 15.4. The lowest BCUT2D eigenvalue weighted by Crippen LogP contribution is -2.34. The number of hydrogen-bond donors (Lipinski definition) is 1. The molecule has 1 fully saturated rings. The van der Waals surface area contributed by atoms with Crippen LogP contribution in [0.2, 0.25) is 0 Å². The van der Waals surface area contributed by atoms with Gasteiger partial charge in [0.2, 0.25) is 10.8 Å². The van der Waals surface area contributed by atoms with Gasteiger partial charge in [0.15, 0.2) is 5.82 Å². The van der Waals surface area contributed by atoms with Crippen LogP contribution in [0.1, 0.15) is 48.5 Å². The van der Waals surface area contributed by atoms with Gasteiger partial charge >= 0.3 is 0 Å². The first kappa shape index (κ1) is 16.5. The number of fused-ring (bicyclic) bond motifs is 1. The van der Waals surface area contributed by atoms with Crippen molar-refractivity contribution in [1.29, 1.82) is 0 Å². The summed E-state index contributed by atoms with van der Waals surface area (Å²) in [4.78, 5) is 8.26. The van der Waals surface area contributed by atoms with E-state index in [2.05, 4.69) is 15.0 Å². The average Bonchev–Trinajstić information content (AvgIpc) is 3.16. The quantitative estimate of drug-likeness (QED) is 0.769. The minimum atomic E-state index is -0.258. The topological polar surface area (TPSA) is 53.7 Å². The van der Waals surface area contributed by atoms with E-state index in [-0.39, 0.29) is 17.7 Å². The Hall–Kier alpha value is -1.99. The molecular formula is C18H21FN4OS. The SMILES string of the molecule is CCc1nc2sc([C@H](c3cccc(F)c3)N3CCCCC3)c(O)n2n1. The Morgan fingerprint density at radius 3 is 2.76 bits per heavy atom. The number of aromatic hydroxyl groups is 1. The summed E-state index contributed by atoms with van der Waals surface area (Å²) >= 11 is 1.44. The standard InChI is InChI=1S/C18H21FN4OS/c1-2-14-20-18-23(21-14)17(24)16(25-18)15(22-9-4-3-5-10-22)12-7-6-8-13(19)11-12/h6-8,11,15,24H,2-5,9-10H2,1H3/t15-/m0/s1. The van der Waals surface area contributed by atoms with Crippen LogP contribution in [0.25, 0.3) is 4.96 Å². The van der Waals surface area contributed by atoms with Crippen molar-refractivity contribution in [2.45, 2.75) is 38.6 Å². The van der Waals surface area contributed by atoms with Crippen LogP contribution in [-0.2, 0) is 6.42 Å². The van der Waals surface area contributed by atoms with Crippen molar-refractivity contribution in [2.24, 2.45) is 0 Å². The van der Waals surface area contributed by atoms with Gasteiger partial charge in [-0.2, -0.15) is 4.52 Å². The highest BCUT2D eigenvalue weighted by atomic mass is 32.1. The molecule has 3 heterocycles. The molecule has 1 aromatic carbocycles. The molecule has 7 heteroatoms. The largest absolute Gasteiger partial charge is 0.492 e. The van der Waals surface area contributed by atoms with Crippen molar-refractivity contribution in [3.05, 3.63) is 46.3 Å². The number of benzene rings is 1. The molecule has 132 valence electrons. The molecule has 4 rings (SSSR count). The van der Waals surface area contributed by atoms with Crippen molar-refractivity contribution >= 4 is 16.3 Å². The summed E-state index contributed by atoms with van der Waals surface area (Å²) in [5, 5.41) is 15.1. The van der Waals surface area contributed by atoms with Crippen LogP contribution in [0, 0.1) is 5.82 Å². The fraction of sp³-hybridized carbons (Fsp3) is 0.444. The van der Waals surface area contributed by atoms with E-state index in [0.717, 1.165) is 42.8 Å². The van der Waals surface area contributed by atoms with E-state index in [9.17, 15) is 9.50 Å². The third kappa shape index (κ3) is 3.02. The number of nitrogens with zero attached hydrogens (tertiary/aromatic N) is 4. The smallest absolute Gasteiger partial charge is 0.230 e. The number of aromatic nitrogens is 3. The Morgan fingerprint density at radius 1 is 1.28 bits per heavy atom.